The molecule has 2 aromatic carbocycles. The first kappa shape index (κ1) is 13.6. The van der Waals surface area contributed by atoms with Gasteiger partial charge >= 0.3 is 0 Å². The second-order valence-electron chi connectivity index (χ2n) is 4.55. The Morgan fingerprint density at radius 2 is 1.84 bits per heavy atom. The maximum absolute atomic E-state index is 15.3. The third-order valence-electron chi connectivity index (χ3n) is 3.37. The van der Waals surface area contributed by atoms with Crippen LogP contribution in [0.25, 0.3) is 0 Å². The second kappa shape index (κ2) is 5.41. The van der Waals surface area contributed by atoms with Crippen molar-refractivity contribution in [3.8, 4) is 5.75 Å². The predicted octanol–water partition coefficient (Wildman–Crippen LogP) is 3.18. The number of methoxy groups -OCH3 is 1. The van der Waals surface area contributed by atoms with Gasteiger partial charge in [0, 0.05) is 6.54 Å². The summed E-state index contributed by atoms with van der Waals surface area (Å²) < 4.78 is 20.5. The summed E-state index contributed by atoms with van der Waals surface area (Å²) in [5.41, 5.74) is 6.02. The normalized spacial score (nSPS) is 13.9. The molecule has 0 spiro atoms. The third kappa shape index (κ3) is 2.47. The molecule has 0 saturated carbocycles. The fourth-order valence-corrected chi connectivity index (χ4v) is 2.29. The van der Waals surface area contributed by atoms with E-state index in [0.29, 0.717) is 16.9 Å². The van der Waals surface area contributed by atoms with Gasteiger partial charge < -0.3 is 10.5 Å². The molecule has 2 nitrogen and oxygen atoms in total. The van der Waals surface area contributed by atoms with Crippen molar-refractivity contribution < 1.29 is 9.13 Å². The number of benzene rings is 2. The first-order valence-corrected chi connectivity index (χ1v) is 6.21. The fourth-order valence-electron chi connectivity index (χ4n) is 2.29. The van der Waals surface area contributed by atoms with Crippen LogP contribution in [0.5, 0.6) is 5.75 Å². The van der Waals surface area contributed by atoms with Gasteiger partial charge in [0.1, 0.15) is 5.75 Å². The average molecular weight is 259 g/mol. The highest BCUT2D eigenvalue weighted by Gasteiger charge is 2.34. The molecule has 0 aromatic heterocycles. The Labute approximate surface area is 113 Å². The van der Waals surface area contributed by atoms with E-state index in [1.165, 1.54) is 0 Å². The van der Waals surface area contributed by atoms with E-state index in [1.807, 2.05) is 31.2 Å². The van der Waals surface area contributed by atoms with Crippen molar-refractivity contribution in [1.29, 1.82) is 0 Å². The summed E-state index contributed by atoms with van der Waals surface area (Å²) in [5.74, 6) is 0.716. The van der Waals surface area contributed by atoms with Gasteiger partial charge in [0.25, 0.3) is 0 Å². The summed E-state index contributed by atoms with van der Waals surface area (Å²) in [6.45, 7) is 1.77. The van der Waals surface area contributed by atoms with E-state index < -0.39 is 5.67 Å². The van der Waals surface area contributed by atoms with E-state index in [1.54, 1.807) is 31.4 Å². The van der Waals surface area contributed by atoms with Crippen molar-refractivity contribution in [2.45, 2.75) is 12.6 Å². The number of rotatable bonds is 4. The van der Waals surface area contributed by atoms with Gasteiger partial charge in [-0.1, -0.05) is 36.4 Å². The minimum Gasteiger partial charge on any atom is -0.497 e. The number of alkyl halides is 1. The monoisotopic (exact) mass is 259 g/mol. The second-order valence-corrected chi connectivity index (χ2v) is 4.55. The molecular formula is C16H18FNO. The molecule has 100 valence electrons. The van der Waals surface area contributed by atoms with Crippen LogP contribution in [0.15, 0.2) is 48.5 Å². The minimum atomic E-state index is -1.67. The maximum atomic E-state index is 15.3. The number of aryl methyl sites for hydroxylation is 1. The van der Waals surface area contributed by atoms with E-state index >= 15 is 4.39 Å². The topological polar surface area (TPSA) is 35.2 Å². The molecule has 0 aliphatic rings. The van der Waals surface area contributed by atoms with E-state index in [4.69, 9.17) is 10.5 Å². The lowest BCUT2D eigenvalue weighted by molar-refractivity contribution is 0.231. The maximum Gasteiger partial charge on any atom is 0.173 e. The van der Waals surface area contributed by atoms with E-state index in [-0.39, 0.29) is 6.54 Å². The lowest BCUT2D eigenvalue weighted by Crippen LogP contribution is -2.32. The Hall–Kier alpha value is -1.87. The number of halogens is 1. The van der Waals surface area contributed by atoms with E-state index in [9.17, 15) is 0 Å². The predicted molar refractivity (Wildman–Crippen MR) is 75.1 cm³/mol. The molecular weight excluding hydrogens is 241 g/mol. The van der Waals surface area contributed by atoms with Crippen LogP contribution in [0, 0.1) is 6.92 Å². The van der Waals surface area contributed by atoms with Crippen LogP contribution < -0.4 is 10.5 Å². The zero-order chi connectivity index (χ0) is 13.9. The van der Waals surface area contributed by atoms with Crippen LogP contribution in [0.3, 0.4) is 0 Å². The Balaban J connectivity index is 2.53. The van der Waals surface area contributed by atoms with Gasteiger partial charge in [0.15, 0.2) is 5.67 Å². The first-order valence-electron chi connectivity index (χ1n) is 6.21. The number of hydrogen-bond donors (Lipinski definition) is 1. The molecule has 2 aromatic rings. The molecule has 0 heterocycles. The summed E-state index contributed by atoms with van der Waals surface area (Å²) in [5, 5.41) is 0. The van der Waals surface area contributed by atoms with Crippen LogP contribution in [0.4, 0.5) is 4.39 Å². The van der Waals surface area contributed by atoms with Crippen LogP contribution >= 0.6 is 0 Å². The highest BCUT2D eigenvalue weighted by Crippen LogP contribution is 2.36. The molecule has 1 unspecified atom stereocenters. The third-order valence-corrected chi connectivity index (χ3v) is 3.37. The van der Waals surface area contributed by atoms with Crippen molar-refractivity contribution in [2.75, 3.05) is 13.7 Å². The Morgan fingerprint density at radius 1 is 1.16 bits per heavy atom. The van der Waals surface area contributed by atoms with Gasteiger partial charge in [-0.25, -0.2) is 4.39 Å². The molecule has 19 heavy (non-hydrogen) atoms. The van der Waals surface area contributed by atoms with Gasteiger partial charge in [0.05, 0.1) is 7.11 Å². The Bertz CT molecular complexity index is 556. The highest BCUT2D eigenvalue weighted by atomic mass is 19.1. The van der Waals surface area contributed by atoms with E-state index in [2.05, 4.69) is 0 Å². The number of ether oxygens (including phenoxy) is 1. The van der Waals surface area contributed by atoms with Crippen molar-refractivity contribution in [1.82, 2.24) is 0 Å². The van der Waals surface area contributed by atoms with Crippen LogP contribution in [-0.4, -0.2) is 13.7 Å². The van der Waals surface area contributed by atoms with Crippen molar-refractivity contribution in [2.24, 2.45) is 5.73 Å². The summed E-state index contributed by atoms with van der Waals surface area (Å²) in [6.07, 6.45) is 0. The van der Waals surface area contributed by atoms with Gasteiger partial charge in [-0.3, -0.25) is 0 Å². The lowest BCUT2D eigenvalue weighted by Gasteiger charge is -2.26. The molecule has 0 saturated heterocycles. The molecule has 2 N–H and O–H groups in total. The van der Waals surface area contributed by atoms with Crippen molar-refractivity contribution in [3.05, 3.63) is 65.2 Å². The highest BCUT2D eigenvalue weighted by molar-refractivity contribution is 5.44. The summed E-state index contributed by atoms with van der Waals surface area (Å²) in [7, 11) is 1.59. The molecule has 0 amide bonds. The Kier molecular flexibility index (Phi) is 3.86. The first-order chi connectivity index (χ1) is 9.11. The average Bonchev–Trinajstić information content (AvgIpc) is 2.47. The van der Waals surface area contributed by atoms with Crippen molar-refractivity contribution in [3.63, 3.8) is 0 Å². The minimum absolute atomic E-state index is 0.0931. The fraction of sp³-hybridized carbons (Fsp3) is 0.250. The van der Waals surface area contributed by atoms with Crippen LogP contribution in [0.1, 0.15) is 16.7 Å². The summed E-state index contributed by atoms with van der Waals surface area (Å²) in [4.78, 5) is 0. The molecule has 1 atom stereocenters. The SMILES string of the molecule is COc1ccc(C(F)(CN)c2ccccc2)c(C)c1. The smallest absolute Gasteiger partial charge is 0.173 e. The zero-order valence-electron chi connectivity index (χ0n) is 11.2. The van der Waals surface area contributed by atoms with E-state index in [0.717, 1.165) is 5.56 Å². The standard InChI is InChI=1S/C16H18FNO/c1-12-10-14(19-2)8-9-15(12)16(17,11-18)13-6-4-3-5-7-13/h3-10H,11,18H2,1-2H3. The summed E-state index contributed by atoms with van der Waals surface area (Å²) in [6, 6.07) is 14.3. The molecule has 2 rings (SSSR count). The number of hydrogen-bond acceptors (Lipinski definition) is 2. The van der Waals surface area contributed by atoms with Crippen LogP contribution in [-0.2, 0) is 5.67 Å². The quantitative estimate of drug-likeness (QED) is 0.915. The van der Waals surface area contributed by atoms with Gasteiger partial charge in [0.2, 0.25) is 0 Å². The molecule has 3 heteroatoms. The van der Waals surface area contributed by atoms with Gasteiger partial charge in [-0.15, -0.1) is 0 Å². The van der Waals surface area contributed by atoms with Gasteiger partial charge in [-0.2, -0.15) is 0 Å². The van der Waals surface area contributed by atoms with Gasteiger partial charge in [-0.05, 0) is 35.7 Å². The molecule has 0 radical (unpaired) electrons. The van der Waals surface area contributed by atoms with Crippen LogP contribution in [0.2, 0.25) is 0 Å². The lowest BCUT2D eigenvalue weighted by atomic mass is 9.85. The number of nitrogens with two attached hydrogens (primary N) is 1. The molecule has 0 fully saturated rings. The molecule has 0 aliphatic carbocycles. The zero-order valence-corrected chi connectivity index (χ0v) is 11.2. The van der Waals surface area contributed by atoms with Crippen molar-refractivity contribution >= 4 is 0 Å². The Morgan fingerprint density at radius 3 is 2.37 bits per heavy atom. The largest absolute Gasteiger partial charge is 0.497 e. The summed E-state index contributed by atoms with van der Waals surface area (Å²) >= 11 is 0. The molecule has 0 bridgehead atoms. The molecule has 0 aliphatic heterocycles.